The van der Waals surface area contributed by atoms with E-state index in [1.165, 1.54) is 32.4 Å². The minimum Gasteiger partial charge on any atom is -0.493 e. The minimum atomic E-state index is -3.88. The summed E-state index contributed by atoms with van der Waals surface area (Å²) in [6, 6.07) is 3.61. The summed E-state index contributed by atoms with van der Waals surface area (Å²) in [6.07, 6.45) is 3.48. The summed E-state index contributed by atoms with van der Waals surface area (Å²) in [5.74, 6) is 0.798. The Labute approximate surface area is 162 Å². The molecule has 1 aromatic rings. The number of hydrogen-bond acceptors (Lipinski definition) is 5. The van der Waals surface area contributed by atoms with E-state index < -0.39 is 16.1 Å². The lowest BCUT2D eigenvalue weighted by Crippen LogP contribution is -2.50. The smallest absolute Gasteiger partial charge is 0.241 e. The van der Waals surface area contributed by atoms with Crippen molar-refractivity contribution in [2.75, 3.05) is 27.3 Å². The molecular formula is C19H30N2O5S. The lowest BCUT2D eigenvalue weighted by atomic mass is 10.0. The summed E-state index contributed by atoms with van der Waals surface area (Å²) >= 11 is 0. The normalized spacial score (nSPS) is 16.3. The number of piperidine rings is 1. The quantitative estimate of drug-likeness (QED) is 0.727. The van der Waals surface area contributed by atoms with E-state index in [0.717, 1.165) is 19.3 Å². The van der Waals surface area contributed by atoms with Crippen LogP contribution < -0.4 is 14.2 Å². The summed E-state index contributed by atoms with van der Waals surface area (Å²) in [6.45, 7) is 5.32. The summed E-state index contributed by atoms with van der Waals surface area (Å²) in [4.78, 5) is 14.7. The first-order chi connectivity index (χ1) is 12.8. The Kier molecular flexibility index (Phi) is 7.49. The molecule has 0 aromatic heterocycles. The molecule has 1 aliphatic rings. The SMILES string of the molecule is COc1ccc(S(=O)(=O)N[C@@H](CC(C)C)C(=O)N2CCCCC2)cc1OC. The predicted octanol–water partition coefficient (Wildman–Crippen LogP) is 2.41. The molecule has 1 aliphatic heterocycles. The number of nitrogens with one attached hydrogen (secondary N) is 1. The van der Waals surface area contributed by atoms with Gasteiger partial charge in [-0.3, -0.25) is 4.79 Å². The monoisotopic (exact) mass is 398 g/mol. The molecule has 1 fully saturated rings. The first-order valence-corrected chi connectivity index (χ1v) is 10.8. The lowest BCUT2D eigenvalue weighted by molar-refractivity contribution is -0.134. The van der Waals surface area contributed by atoms with Gasteiger partial charge in [0.1, 0.15) is 6.04 Å². The van der Waals surface area contributed by atoms with Gasteiger partial charge in [0, 0.05) is 19.2 Å². The topological polar surface area (TPSA) is 84.9 Å². The van der Waals surface area contributed by atoms with Crippen LogP contribution >= 0.6 is 0 Å². The maximum absolute atomic E-state index is 12.9. The number of likely N-dealkylation sites (tertiary alicyclic amines) is 1. The highest BCUT2D eigenvalue weighted by Gasteiger charge is 2.31. The third-order valence-corrected chi connectivity index (χ3v) is 6.11. The van der Waals surface area contributed by atoms with E-state index in [4.69, 9.17) is 9.47 Å². The van der Waals surface area contributed by atoms with Gasteiger partial charge in [0.15, 0.2) is 11.5 Å². The molecule has 1 atom stereocenters. The molecule has 0 unspecified atom stereocenters. The molecule has 1 saturated heterocycles. The highest BCUT2D eigenvalue weighted by molar-refractivity contribution is 7.89. The second-order valence-corrected chi connectivity index (χ2v) is 8.92. The molecule has 152 valence electrons. The van der Waals surface area contributed by atoms with Crippen molar-refractivity contribution in [3.05, 3.63) is 18.2 Å². The molecular weight excluding hydrogens is 368 g/mol. The largest absolute Gasteiger partial charge is 0.493 e. The van der Waals surface area contributed by atoms with Gasteiger partial charge in [-0.2, -0.15) is 4.72 Å². The fraction of sp³-hybridized carbons (Fsp3) is 0.632. The van der Waals surface area contributed by atoms with Gasteiger partial charge < -0.3 is 14.4 Å². The average molecular weight is 399 g/mol. The molecule has 7 nitrogen and oxygen atoms in total. The van der Waals surface area contributed by atoms with Gasteiger partial charge in [-0.15, -0.1) is 0 Å². The standard InChI is InChI=1S/C19H30N2O5S/c1-14(2)12-16(19(22)21-10-6-5-7-11-21)20-27(23,24)15-8-9-17(25-3)18(13-15)26-4/h8-9,13-14,16,20H,5-7,10-12H2,1-4H3/t16-/m0/s1. The number of ether oxygens (including phenoxy) is 2. The zero-order valence-corrected chi connectivity index (χ0v) is 17.3. The first kappa shape index (κ1) is 21.5. The van der Waals surface area contributed by atoms with Crippen LogP contribution in [0.15, 0.2) is 23.1 Å². The molecule has 1 amide bonds. The van der Waals surface area contributed by atoms with Gasteiger partial charge in [-0.05, 0) is 43.7 Å². The van der Waals surface area contributed by atoms with Crippen molar-refractivity contribution in [3.63, 3.8) is 0 Å². The van der Waals surface area contributed by atoms with Crippen molar-refractivity contribution in [2.45, 2.75) is 50.5 Å². The van der Waals surface area contributed by atoms with Gasteiger partial charge in [0.2, 0.25) is 15.9 Å². The Balaban J connectivity index is 2.25. The van der Waals surface area contributed by atoms with E-state index in [9.17, 15) is 13.2 Å². The number of amides is 1. The summed E-state index contributed by atoms with van der Waals surface area (Å²) in [5.41, 5.74) is 0. The molecule has 27 heavy (non-hydrogen) atoms. The molecule has 0 spiro atoms. The zero-order chi connectivity index (χ0) is 20.0. The fourth-order valence-electron chi connectivity index (χ4n) is 3.24. The number of nitrogens with zero attached hydrogens (tertiary/aromatic N) is 1. The maximum atomic E-state index is 12.9. The van der Waals surface area contributed by atoms with Crippen LogP contribution in [-0.2, 0) is 14.8 Å². The van der Waals surface area contributed by atoms with E-state index in [2.05, 4.69) is 4.72 Å². The number of carbonyl (C=O) groups is 1. The van der Waals surface area contributed by atoms with E-state index in [1.807, 2.05) is 13.8 Å². The van der Waals surface area contributed by atoms with Crippen LogP contribution in [0.2, 0.25) is 0 Å². The summed E-state index contributed by atoms with van der Waals surface area (Å²) < 4.78 is 38.8. The Hall–Kier alpha value is -1.80. The maximum Gasteiger partial charge on any atom is 0.241 e. The molecule has 8 heteroatoms. The predicted molar refractivity (Wildman–Crippen MR) is 104 cm³/mol. The first-order valence-electron chi connectivity index (χ1n) is 9.31. The average Bonchev–Trinajstić information content (AvgIpc) is 2.66. The Morgan fingerprint density at radius 2 is 1.74 bits per heavy atom. The van der Waals surface area contributed by atoms with Crippen molar-refractivity contribution >= 4 is 15.9 Å². The second kappa shape index (κ2) is 9.41. The molecule has 2 rings (SSSR count). The Morgan fingerprint density at radius 3 is 2.30 bits per heavy atom. The zero-order valence-electron chi connectivity index (χ0n) is 16.5. The van der Waals surface area contributed by atoms with Gasteiger partial charge >= 0.3 is 0 Å². The number of benzene rings is 1. The van der Waals surface area contributed by atoms with Crippen LogP contribution in [0.3, 0.4) is 0 Å². The van der Waals surface area contributed by atoms with Crippen LogP contribution in [0.25, 0.3) is 0 Å². The van der Waals surface area contributed by atoms with Crippen LogP contribution in [0.5, 0.6) is 11.5 Å². The third kappa shape index (κ3) is 5.59. The summed E-state index contributed by atoms with van der Waals surface area (Å²) in [5, 5.41) is 0. The number of rotatable bonds is 8. The Morgan fingerprint density at radius 1 is 1.11 bits per heavy atom. The fourth-order valence-corrected chi connectivity index (χ4v) is 4.46. The molecule has 0 saturated carbocycles. The third-order valence-electron chi connectivity index (χ3n) is 4.64. The number of carbonyl (C=O) groups excluding carboxylic acids is 1. The van der Waals surface area contributed by atoms with Gasteiger partial charge in [-0.25, -0.2) is 8.42 Å². The van der Waals surface area contributed by atoms with Crippen molar-refractivity contribution < 1.29 is 22.7 Å². The van der Waals surface area contributed by atoms with Crippen LogP contribution in [-0.4, -0.2) is 52.6 Å². The lowest BCUT2D eigenvalue weighted by Gasteiger charge is -2.31. The Bertz CT molecular complexity index is 742. The van der Waals surface area contributed by atoms with Crippen molar-refractivity contribution in [3.8, 4) is 11.5 Å². The second-order valence-electron chi connectivity index (χ2n) is 7.21. The molecule has 0 aliphatic carbocycles. The van der Waals surface area contributed by atoms with Gasteiger partial charge in [-0.1, -0.05) is 13.8 Å². The molecule has 1 N–H and O–H groups in total. The molecule has 1 aromatic carbocycles. The van der Waals surface area contributed by atoms with E-state index in [1.54, 1.807) is 4.90 Å². The summed E-state index contributed by atoms with van der Waals surface area (Å²) in [7, 11) is -0.946. The van der Waals surface area contributed by atoms with E-state index >= 15 is 0 Å². The number of methoxy groups -OCH3 is 2. The van der Waals surface area contributed by atoms with Crippen LogP contribution in [0.4, 0.5) is 0 Å². The molecule has 0 radical (unpaired) electrons. The van der Waals surface area contributed by atoms with Crippen molar-refractivity contribution in [1.82, 2.24) is 9.62 Å². The molecule has 0 bridgehead atoms. The van der Waals surface area contributed by atoms with Crippen LogP contribution in [0.1, 0.15) is 39.5 Å². The highest BCUT2D eigenvalue weighted by Crippen LogP contribution is 2.29. The number of sulfonamides is 1. The molecule has 1 heterocycles. The van der Waals surface area contributed by atoms with Crippen LogP contribution in [0, 0.1) is 5.92 Å². The highest BCUT2D eigenvalue weighted by atomic mass is 32.2. The van der Waals surface area contributed by atoms with Gasteiger partial charge in [0.05, 0.1) is 19.1 Å². The number of hydrogen-bond donors (Lipinski definition) is 1. The van der Waals surface area contributed by atoms with Gasteiger partial charge in [0.25, 0.3) is 0 Å². The van der Waals surface area contributed by atoms with Crippen molar-refractivity contribution in [1.29, 1.82) is 0 Å². The van der Waals surface area contributed by atoms with E-state index in [0.29, 0.717) is 31.0 Å². The van der Waals surface area contributed by atoms with E-state index in [-0.39, 0.29) is 16.7 Å². The van der Waals surface area contributed by atoms with Crippen molar-refractivity contribution in [2.24, 2.45) is 5.92 Å². The minimum absolute atomic E-state index is 0.0420.